The molecular formula is C29H33Cl2N3O4S. The number of hydrogen-bond donors (Lipinski definition) is 1. The average Bonchev–Trinajstić information content (AvgIpc) is 2.89. The smallest absolute Gasteiger partial charge is 0.264 e. The van der Waals surface area contributed by atoms with Crippen LogP contribution in [-0.2, 0) is 26.2 Å². The minimum Gasteiger partial charge on any atom is -0.350 e. The minimum absolute atomic E-state index is 0.0276. The summed E-state index contributed by atoms with van der Waals surface area (Å²) in [6.45, 7) is 6.88. The van der Waals surface area contributed by atoms with Crippen LogP contribution in [0.1, 0.15) is 39.7 Å². The number of nitrogens with one attached hydrogen (secondary N) is 1. The molecular weight excluding hydrogens is 557 g/mol. The van der Waals surface area contributed by atoms with Crippen LogP contribution in [0.5, 0.6) is 0 Å². The number of carbonyl (C=O) groups is 2. The Labute approximate surface area is 240 Å². The Balaban J connectivity index is 2.05. The van der Waals surface area contributed by atoms with Gasteiger partial charge in [-0.05, 0) is 69.2 Å². The first-order valence-corrected chi connectivity index (χ1v) is 14.7. The Morgan fingerprint density at radius 1 is 0.897 bits per heavy atom. The SMILES string of the molecule is CCC(C(=O)NC(C)(C)C)N(Cc1ccc(Cl)c(Cl)c1)C(=O)CN(c1ccccc1)S(=O)(=O)c1ccccc1. The van der Waals surface area contributed by atoms with Crippen LogP contribution < -0.4 is 9.62 Å². The van der Waals surface area contributed by atoms with E-state index in [1.807, 2.05) is 20.8 Å². The molecule has 10 heteroatoms. The summed E-state index contributed by atoms with van der Waals surface area (Å²) in [6, 6.07) is 20.5. The van der Waals surface area contributed by atoms with Gasteiger partial charge < -0.3 is 10.2 Å². The first-order valence-electron chi connectivity index (χ1n) is 12.5. The Kier molecular flexibility index (Phi) is 10.0. The van der Waals surface area contributed by atoms with Crippen molar-refractivity contribution in [2.45, 2.75) is 57.1 Å². The summed E-state index contributed by atoms with van der Waals surface area (Å²) in [5, 5.41) is 3.61. The van der Waals surface area contributed by atoms with E-state index in [2.05, 4.69) is 5.32 Å². The lowest BCUT2D eigenvalue weighted by atomic mass is 10.1. The number of amides is 2. The van der Waals surface area contributed by atoms with Gasteiger partial charge in [-0.2, -0.15) is 0 Å². The van der Waals surface area contributed by atoms with Gasteiger partial charge in [0.1, 0.15) is 12.6 Å². The molecule has 1 unspecified atom stereocenters. The molecule has 0 spiro atoms. The van der Waals surface area contributed by atoms with Crippen LogP contribution in [0.2, 0.25) is 10.0 Å². The van der Waals surface area contributed by atoms with Gasteiger partial charge in [0.05, 0.1) is 20.6 Å². The summed E-state index contributed by atoms with van der Waals surface area (Å²) in [7, 11) is -4.10. The van der Waals surface area contributed by atoms with E-state index in [4.69, 9.17) is 23.2 Å². The van der Waals surface area contributed by atoms with Crippen molar-refractivity contribution in [3.05, 3.63) is 94.5 Å². The minimum atomic E-state index is -4.10. The van der Waals surface area contributed by atoms with Crippen LogP contribution in [0.3, 0.4) is 0 Å². The van der Waals surface area contributed by atoms with Gasteiger partial charge in [-0.25, -0.2) is 8.42 Å². The van der Waals surface area contributed by atoms with Crippen molar-refractivity contribution >= 4 is 50.7 Å². The van der Waals surface area contributed by atoms with Gasteiger partial charge in [0.2, 0.25) is 11.8 Å². The number of halogens is 2. The summed E-state index contributed by atoms with van der Waals surface area (Å²) in [5.74, 6) is -0.879. The molecule has 0 radical (unpaired) electrons. The Hall–Kier alpha value is -3.07. The standard InChI is InChI=1S/C29H33Cl2N3O4S/c1-5-26(28(36)32-29(2,3)4)33(19-21-16-17-24(30)25(31)18-21)27(35)20-34(22-12-8-6-9-13-22)39(37,38)23-14-10-7-11-15-23/h6-18,26H,5,19-20H2,1-4H3,(H,32,36). The van der Waals surface area contributed by atoms with Crippen molar-refractivity contribution in [3.63, 3.8) is 0 Å². The van der Waals surface area contributed by atoms with Crippen molar-refractivity contribution in [1.29, 1.82) is 0 Å². The lowest BCUT2D eigenvalue weighted by molar-refractivity contribution is -0.141. The third-order valence-corrected chi connectivity index (χ3v) is 8.40. The van der Waals surface area contributed by atoms with Crippen LogP contribution in [0.15, 0.2) is 83.8 Å². The Morgan fingerprint density at radius 2 is 1.49 bits per heavy atom. The molecule has 208 valence electrons. The summed E-state index contributed by atoms with van der Waals surface area (Å²) >= 11 is 12.3. The summed E-state index contributed by atoms with van der Waals surface area (Å²) in [5.41, 5.74) is 0.448. The number of para-hydroxylation sites is 1. The van der Waals surface area contributed by atoms with Crippen molar-refractivity contribution in [2.75, 3.05) is 10.8 Å². The molecule has 0 saturated carbocycles. The highest BCUT2D eigenvalue weighted by molar-refractivity contribution is 7.92. The van der Waals surface area contributed by atoms with E-state index >= 15 is 0 Å². The van der Waals surface area contributed by atoms with E-state index in [1.54, 1.807) is 73.7 Å². The third kappa shape index (κ3) is 7.97. The molecule has 0 saturated heterocycles. The number of rotatable bonds is 10. The van der Waals surface area contributed by atoms with Gasteiger partial charge in [0, 0.05) is 12.1 Å². The quantitative estimate of drug-likeness (QED) is 0.318. The third-order valence-electron chi connectivity index (χ3n) is 5.88. The zero-order chi connectivity index (χ0) is 28.8. The molecule has 0 aromatic heterocycles. The van der Waals surface area contributed by atoms with Gasteiger partial charge in [-0.1, -0.05) is 72.6 Å². The van der Waals surface area contributed by atoms with Gasteiger partial charge in [-0.15, -0.1) is 0 Å². The Bertz CT molecular complexity index is 1400. The maximum atomic E-state index is 14.0. The van der Waals surface area contributed by atoms with Crippen molar-refractivity contribution in [1.82, 2.24) is 10.2 Å². The summed E-state index contributed by atoms with van der Waals surface area (Å²) in [4.78, 5) is 28.8. The lowest BCUT2D eigenvalue weighted by Gasteiger charge is -2.34. The topological polar surface area (TPSA) is 86.8 Å². The molecule has 0 aliphatic rings. The van der Waals surface area contributed by atoms with Crippen molar-refractivity contribution in [2.24, 2.45) is 0 Å². The van der Waals surface area contributed by atoms with E-state index in [9.17, 15) is 18.0 Å². The van der Waals surface area contributed by atoms with E-state index in [-0.39, 0.29) is 17.3 Å². The second-order valence-electron chi connectivity index (χ2n) is 10.1. The highest BCUT2D eigenvalue weighted by Gasteiger charge is 2.34. The van der Waals surface area contributed by atoms with E-state index in [1.165, 1.54) is 17.0 Å². The largest absolute Gasteiger partial charge is 0.350 e. The predicted octanol–water partition coefficient (Wildman–Crippen LogP) is 5.91. The number of anilines is 1. The van der Waals surface area contributed by atoms with Gasteiger partial charge in [-0.3, -0.25) is 13.9 Å². The molecule has 0 aliphatic heterocycles. The first kappa shape index (κ1) is 30.5. The van der Waals surface area contributed by atoms with Gasteiger partial charge in [0.25, 0.3) is 10.0 Å². The number of sulfonamides is 1. The normalized spacial score (nSPS) is 12.5. The summed E-state index contributed by atoms with van der Waals surface area (Å²) in [6.07, 6.45) is 0.311. The lowest BCUT2D eigenvalue weighted by Crippen LogP contribution is -2.55. The fraction of sp³-hybridized carbons (Fsp3) is 0.310. The number of benzene rings is 3. The molecule has 3 rings (SSSR count). The molecule has 0 fully saturated rings. The maximum absolute atomic E-state index is 14.0. The molecule has 1 atom stereocenters. The highest BCUT2D eigenvalue weighted by Crippen LogP contribution is 2.26. The van der Waals surface area contributed by atoms with Crippen molar-refractivity contribution < 1.29 is 18.0 Å². The first-order chi connectivity index (χ1) is 18.3. The summed E-state index contributed by atoms with van der Waals surface area (Å²) < 4.78 is 28.5. The molecule has 2 amide bonds. The predicted molar refractivity (Wildman–Crippen MR) is 156 cm³/mol. The molecule has 7 nitrogen and oxygen atoms in total. The molecule has 1 N–H and O–H groups in total. The number of carbonyl (C=O) groups excluding carboxylic acids is 2. The van der Waals surface area contributed by atoms with Crippen LogP contribution >= 0.6 is 23.2 Å². The molecule has 3 aromatic carbocycles. The van der Waals surface area contributed by atoms with E-state index in [0.717, 1.165) is 4.31 Å². The van der Waals surface area contributed by atoms with Crippen LogP contribution in [0.4, 0.5) is 5.69 Å². The van der Waals surface area contributed by atoms with E-state index < -0.39 is 34.1 Å². The van der Waals surface area contributed by atoms with Crippen LogP contribution in [0.25, 0.3) is 0 Å². The molecule has 0 bridgehead atoms. The fourth-order valence-electron chi connectivity index (χ4n) is 4.05. The zero-order valence-electron chi connectivity index (χ0n) is 22.4. The van der Waals surface area contributed by atoms with Gasteiger partial charge in [0.15, 0.2) is 0 Å². The molecule has 0 aliphatic carbocycles. The molecule has 39 heavy (non-hydrogen) atoms. The number of hydrogen-bond acceptors (Lipinski definition) is 4. The van der Waals surface area contributed by atoms with Gasteiger partial charge >= 0.3 is 0 Å². The fourth-order valence-corrected chi connectivity index (χ4v) is 5.81. The maximum Gasteiger partial charge on any atom is 0.264 e. The monoisotopic (exact) mass is 589 g/mol. The van der Waals surface area contributed by atoms with Crippen LogP contribution in [-0.4, -0.2) is 43.3 Å². The second-order valence-corrected chi connectivity index (χ2v) is 12.8. The second kappa shape index (κ2) is 12.9. The highest BCUT2D eigenvalue weighted by atomic mass is 35.5. The van der Waals surface area contributed by atoms with Crippen molar-refractivity contribution in [3.8, 4) is 0 Å². The van der Waals surface area contributed by atoms with E-state index in [0.29, 0.717) is 27.7 Å². The zero-order valence-corrected chi connectivity index (χ0v) is 24.7. The van der Waals surface area contributed by atoms with Crippen LogP contribution in [0, 0.1) is 0 Å². The Morgan fingerprint density at radius 3 is 2.03 bits per heavy atom. The average molecular weight is 591 g/mol. The molecule has 0 heterocycles. The molecule has 3 aromatic rings. The number of nitrogens with zero attached hydrogens (tertiary/aromatic N) is 2.